The normalized spacial score (nSPS) is 18.3. The molecule has 0 saturated carbocycles. The Morgan fingerprint density at radius 3 is 2.35 bits per heavy atom. The predicted octanol–water partition coefficient (Wildman–Crippen LogP) is -0.395. The maximum absolute atomic E-state index is 13.2. The second-order valence-corrected chi connectivity index (χ2v) is 9.46. The highest BCUT2D eigenvalue weighted by Gasteiger charge is 2.40. The number of halogens is 1. The molecule has 1 heterocycles. The van der Waals surface area contributed by atoms with Gasteiger partial charge in [-0.05, 0) is 45.6 Å². The lowest BCUT2D eigenvalue weighted by atomic mass is 9.99. The van der Waals surface area contributed by atoms with Gasteiger partial charge in [0.1, 0.15) is 6.04 Å². The van der Waals surface area contributed by atoms with E-state index >= 15 is 0 Å². The summed E-state index contributed by atoms with van der Waals surface area (Å²) in [4.78, 5) is 50.9. The van der Waals surface area contributed by atoms with Crippen LogP contribution in [0.1, 0.15) is 45.6 Å². The number of amides is 4. The summed E-state index contributed by atoms with van der Waals surface area (Å²) in [6.45, 7) is 5.87. The van der Waals surface area contributed by atoms with Crippen LogP contribution in [-0.4, -0.2) is 69.9 Å². The van der Waals surface area contributed by atoms with Crippen molar-refractivity contribution in [3.8, 4) is 0 Å². The molecule has 190 valence electrons. The summed E-state index contributed by atoms with van der Waals surface area (Å²) in [6, 6.07) is 6.10. The Kier molecular flexibility index (Phi) is 10.9. The summed E-state index contributed by atoms with van der Waals surface area (Å²) < 4.78 is 0. The number of hydrogen-bond donors (Lipinski definition) is 5. The van der Waals surface area contributed by atoms with Gasteiger partial charge < -0.3 is 32.1 Å². The molecule has 1 aliphatic heterocycles. The topological polar surface area (TPSA) is 168 Å². The molecule has 7 N–H and O–H groups in total. The quantitative estimate of drug-likeness (QED) is 0.311. The van der Waals surface area contributed by atoms with Crippen molar-refractivity contribution in [3.63, 3.8) is 0 Å². The Morgan fingerprint density at radius 1 is 1.18 bits per heavy atom. The van der Waals surface area contributed by atoms with Crippen LogP contribution < -0.4 is 22.1 Å². The summed E-state index contributed by atoms with van der Waals surface area (Å²) in [5.41, 5.74) is 11.2. The fraction of sp³-hybridized carbons (Fsp3) is 0.565. The Bertz CT molecular complexity index is 861. The van der Waals surface area contributed by atoms with Crippen LogP contribution in [-0.2, 0) is 25.6 Å². The fourth-order valence-electron chi connectivity index (χ4n) is 3.81. The van der Waals surface area contributed by atoms with Crippen molar-refractivity contribution < 1.29 is 24.3 Å². The van der Waals surface area contributed by atoms with Gasteiger partial charge in [-0.1, -0.05) is 30.3 Å². The van der Waals surface area contributed by atoms with Crippen LogP contribution in [0.4, 0.5) is 0 Å². The van der Waals surface area contributed by atoms with Crippen LogP contribution in [0.25, 0.3) is 0 Å². The first-order valence-electron chi connectivity index (χ1n) is 11.1. The number of carbonyl (C=O) groups is 4. The molecule has 11 heteroatoms. The number of hydrogen-bond acceptors (Lipinski definition) is 6. The zero-order valence-corrected chi connectivity index (χ0v) is 20.6. The van der Waals surface area contributed by atoms with Crippen molar-refractivity contribution in [1.29, 1.82) is 0 Å². The van der Waals surface area contributed by atoms with Crippen LogP contribution in [0.2, 0.25) is 0 Å². The van der Waals surface area contributed by atoms with Gasteiger partial charge >= 0.3 is 0 Å². The van der Waals surface area contributed by atoms with Gasteiger partial charge in [0.25, 0.3) is 5.91 Å². The zero-order chi connectivity index (χ0) is 24.8. The zero-order valence-electron chi connectivity index (χ0n) is 19.8. The summed E-state index contributed by atoms with van der Waals surface area (Å²) in [6.07, 6.45) is -0.720. The highest BCUT2D eigenvalue weighted by Crippen LogP contribution is 2.21. The standard InChI is InChI=1S/C23H35N5O5.ClH/c1-23(2,3)27-21(32)17-10-7-11-28(17)22(33)19(30)16(12-14-8-5-4-6-9-14)26-20(31)15(24)13-18(25)29;/h4-6,8-9,15-17,19,30H,7,10-13,24H2,1-3H3,(H2,25,29)(H,26,31)(H,27,32);1H/t15-,16+,17+,19+;/m1./s1. The second-order valence-electron chi connectivity index (χ2n) is 9.46. The average Bonchev–Trinajstić information content (AvgIpc) is 3.21. The fourth-order valence-corrected chi connectivity index (χ4v) is 3.81. The highest BCUT2D eigenvalue weighted by molar-refractivity contribution is 5.92. The third kappa shape index (κ3) is 8.58. The van der Waals surface area contributed by atoms with Crippen molar-refractivity contribution >= 4 is 36.0 Å². The van der Waals surface area contributed by atoms with Crippen LogP contribution in [0.3, 0.4) is 0 Å². The minimum absolute atomic E-state index is 0. The molecular weight excluding hydrogens is 462 g/mol. The molecule has 34 heavy (non-hydrogen) atoms. The molecule has 1 aliphatic rings. The van der Waals surface area contributed by atoms with E-state index in [1.165, 1.54) is 4.90 Å². The molecule has 1 saturated heterocycles. The lowest BCUT2D eigenvalue weighted by Crippen LogP contribution is -2.58. The first-order chi connectivity index (χ1) is 15.4. The SMILES string of the molecule is CC(C)(C)NC(=O)[C@@H]1CCCN1C(=O)[C@@H](O)[C@H](Cc1ccccc1)NC(=O)[C@H](N)CC(N)=O.Cl. The van der Waals surface area contributed by atoms with Gasteiger partial charge in [0.2, 0.25) is 17.7 Å². The molecule has 1 aromatic rings. The lowest BCUT2D eigenvalue weighted by molar-refractivity contribution is -0.147. The predicted molar refractivity (Wildman–Crippen MR) is 130 cm³/mol. The number of nitrogens with two attached hydrogens (primary N) is 2. The Hall–Kier alpha value is -2.69. The van der Waals surface area contributed by atoms with Crippen molar-refractivity contribution in [2.75, 3.05) is 6.54 Å². The van der Waals surface area contributed by atoms with Gasteiger partial charge in [0.05, 0.1) is 18.5 Å². The van der Waals surface area contributed by atoms with E-state index in [-0.39, 0.29) is 31.2 Å². The number of aliphatic hydroxyl groups is 1. The molecule has 10 nitrogen and oxygen atoms in total. The number of benzene rings is 1. The molecule has 0 aromatic heterocycles. The Balaban J connectivity index is 0.00000578. The molecule has 1 aromatic carbocycles. The van der Waals surface area contributed by atoms with E-state index in [1.807, 2.05) is 26.8 Å². The van der Waals surface area contributed by atoms with Gasteiger partial charge in [0, 0.05) is 12.1 Å². The molecule has 2 rings (SSSR count). The van der Waals surface area contributed by atoms with Crippen LogP contribution in [0.5, 0.6) is 0 Å². The number of carbonyl (C=O) groups excluding carboxylic acids is 4. The molecule has 0 spiro atoms. The third-order valence-corrected chi connectivity index (χ3v) is 5.35. The minimum Gasteiger partial charge on any atom is -0.381 e. The number of nitrogens with zero attached hydrogens (tertiary/aromatic N) is 1. The van der Waals surface area contributed by atoms with E-state index in [1.54, 1.807) is 24.3 Å². The van der Waals surface area contributed by atoms with Crippen molar-refractivity contribution in [2.24, 2.45) is 11.5 Å². The summed E-state index contributed by atoms with van der Waals surface area (Å²) in [5.74, 6) is -2.37. The number of nitrogens with one attached hydrogen (secondary N) is 2. The number of aliphatic hydroxyl groups excluding tert-OH is 1. The molecular formula is C23H36ClN5O5. The van der Waals surface area contributed by atoms with Crippen LogP contribution >= 0.6 is 12.4 Å². The number of rotatable bonds is 9. The van der Waals surface area contributed by atoms with E-state index in [0.717, 1.165) is 5.56 Å². The smallest absolute Gasteiger partial charge is 0.254 e. The maximum Gasteiger partial charge on any atom is 0.254 e. The van der Waals surface area contributed by atoms with Gasteiger partial charge in [-0.3, -0.25) is 19.2 Å². The maximum atomic E-state index is 13.2. The number of primary amides is 1. The Morgan fingerprint density at radius 2 is 1.79 bits per heavy atom. The third-order valence-electron chi connectivity index (χ3n) is 5.35. The molecule has 0 radical (unpaired) electrons. The summed E-state index contributed by atoms with van der Waals surface area (Å²) >= 11 is 0. The summed E-state index contributed by atoms with van der Waals surface area (Å²) in [5, 5.41) is 16.4. The molecule has 1 fully saturated rings. The van der Waals surface area contributed by atoms with Crippen molar-refractivity contribution in [1.82, 2.24) is 15.5 Å². The van der Waals surface area contributed by atoms with E-state index < -0.39 is 47.5 Å². The molecule has 0 unspecified atom stereocenters. The lowest BCUT2D eigenvalue weighted by Gasteiger charge is -2.32. The summed E-state index contributed by atoms with van der Waals surface area (Å²) in [7, 11) is 0. The van der Waals surface area contributed by atoms with Gasteiger partial charge in [-0.2, -0.15) is 0 Å². The van der Waals surface area contributed by atoms with Gasteiger partial charge in [-0.15, -0.1) is 12.4 Å². The molecule has 4 atom stereocenters. The van der Waals surface area contributed by atoms with Crippen LogP contribution in [0.15, 0.2) is 30.3 Å². The van der Waals surface area contributed by atoms with E-state index in [0.29, 0.717) is 19.4 Å². The first kappa shape index (κ1) is 29.3. The van der Waals surface area contributed by atoms with Crippen LogP contribution in [0, 0.1) is 0 Å². The highest BCUT2D eigenvalue weighted by atomic mass is 35.5. The Labute approximate surface area is 206 Å². The first-order valence-corrected chi connectivity index (χ1v) is 11.1. The monoisotopic (exact) mass is 497 g/mol. The van der Waals surface area contributed by atoms with Gasteiger partial charge in [0.15, 0.2) is 6.10 Å². The molecule has 4 amide bonds. The molecule has 0 aliphatic carbocycles. The average molecular weight is 498 g/mol. The van der Waals surface area contributed by atoms with E-state index in [9.17, 15) is 24.3 Å². The van der Waals surface area contributed by atoms with Crippen molar-refractivity contribution in [3.05, 3.63) is 35.9 Å². The van der Waals surface area contributed by atoms with Gasteiger partial charge in [-0.25, -0.2) is 0 Å². The van der Waals surface area contributed by atoms with Crippen molar-refractivity contribution in [2.45, 2.75) is 76.2 Å². The second kappa shape index (κ2) is 12.7. The molecule has 0 bridgehead atoms. The van der Waals surface area contributed by atoms with E-state index in [2.05, 4.69) is 10.6 Å². The minimum atomic E-state index is -1.61. The largest absolute Gasteiger partial charge is 0.381 e. The number of likely N-dealkylation sites (tertiary alicyclic amines) is 1. The van der Waals surface area contributed by atoms with E-state index in [4.69, 9.17) is 11.5 Å².